The highest BCUT2D eigenvalue weighted by Gasteiger charge is 2.23. The van der Waals surface area contributed by atoms with Gasteiger partial charge in [0.1, 0.15) is 0 Å². The number of thiophene rings is 1. The van der Waals surface area contributed by atoms with Crippen molar-refractivity contribution in [3.8, 4) is 0 Å². The molecule has 1 aromatic carbocycles. The lowest BCUT2D eigenvalue weighted by Crippen LogP contribution is -2.38. The van der Waals surface area contributed by atoms with Crippen molar-refractivity contribution in [2.45, 2.75) is 31.7 Å². The summed E-state index contributed by atoms with van der Waals surface area (Å²) in [6.45, 7) is 8.17. The van der Waals surface area contributed by atoms with Gasteiger partial charge in [0, 0.05) is 24.2 Å². The van der Waals surface area contributed by atoms with Crippen LogP contribution >= 0.6 is 11.3 Å². The Bertz CT molecular complexity index is 997. The summed E-state index contributed by atoms with van der Waals surface area (Å²) in [5.74, 6) is 0. The van der Waals surface area contributed by atoms with Gasteiger partial charge in [-0.05, 0) is 66.2 Å². The Balaban J connectivity index is 1.91. The fourth-order valence-electron chi connectivity index (χ4n) is 3.38. The molecule has 144 valence electrons. The van der Waals surface area contributed by atoms with Gasteiger partial charge in [-0.2, -0.15) is 11.3 Å². The molecule has 2 aromatic heterocycles. The Morgan fingerprint density at radius 3 is 2.63 bits per heavy atom. The van der Waals surface area contributed by atoms with Crippen LogP contribution in [0, 0.1) is 6.92 Å². The van der Waals surface area contributed by atoms with Crippen molar-refractivity contribution in [3.05, 3.63) is 58.4 Å². The van der Waals surface area contributed by atoms with E-state index in [1.807, 2.05) is 24.4 Å². The second-order valence-electron chi connectivity index (χ2n) is 6.43. The van der Waals surface area contributed by atoms with E-state index in [9.17, 15) is 8.42 Å². The molecule has 0 fully saturated rings. The number of sulfonamides is 1. The number of aryl methyl sites for hydroxylation is 1. The topological polar surface area (TPSA) is 62.3 Å². The second kappa shape index (κ2) is 8.48. The minimum Gasteiger partial charge on any atom is -0.296 e. The molecule has 2 heterocycles. The van der Waals surface area contributed by atoms with Gasteiger partial charge in [0.15, 0.2) is 0 Å². The predicted molar refractivity (Wildman–Crippen MR) is 112 cm³/mol. The van der Waals surface area contributed by atoms with Crippen molar-refractivity contribution < 1.29 is 8.42 Å². The van der Waals surface area contributed by atoms with Crippen LogP contribution in [0.1, 0.15) is 31.0 Å². The highest BCUT2D eigenvalue weighted by molar-refractivity contribution is 7.89. The van der Waals surface area contributed by atoms with E-state index in [4.69, 9.17) is 0 Å². The third-order valence-electron chi connectivity index (χ3n) is 4.87. The quantitative estimate of drug-likeness (QED) is 0.618. The molecule has 1 atom stereocenters. The van der Waals surface area contributed by atoms with E-state index >= 15 is 0 Å². The first-order valence-corrected chi connectivity index (χ1v) is 11.5. The summed E-state index contributed by atoms with van der Waals surface area (Å²) in [7, 11) is -3.65. The van der Waals surface area contributed by atoms with Crippen molar-refractivity contribution in [1.29, 1.82) is 0 Å². The average molecular weight is 404 g/mol. The van der Waals surface area contributed by atoms with E-state index in [2.05, 4.69) is 39.9 Å². The average Bonchev–Trinajstić information content (AvgIpc) is 3.20. The van der Waals surface area contributed by atoms with Gasteiger partial charge in [-0.3, -0.25) is 9.88 Å². The number of hydrogen-bond donors (Lipinski definition) is 1. The normalized spacial score (nSPS) is 13.3. The van der Waals surface area contributed by atoms with Crippen LogP contribution in [0.3, 0.4) is 0 Å². The van der Waals surface area contributed by atoms with E-state index in [0.29, 0.717) is 11.9 Å². The van der Waals surface area contributed by atoms with Gasteiger partial charge >= 0.3 is 0 Å². The number of likely N-dealkylation sites (N-methyl/N-ethyl adjacent to an activating group) is 1. The Hall–Kier alpha value is -1.80. The summed E-state index contributed by atoms with van der Waals surface area (Å²) in [6.07, 6.45) is 1.69. The smallest absolute Gasteiger partial charge is 0.241 e. The van der Waals surface area contributed by atoms with Crippen LogP contribution in [-0.2, 0) is 10.0 Å². The summed E-state index contributed by atoms with van der Waals surface area (Å²) in [5.41, 5.74) is 2.82. The number of nitrogens with zero attached hydrogens (tertiary/aromatic N) is 2. The number of rotatable bonds is 8. The zero-order valence-electron chi connectivity index (χ0n) is 15.8. The van der Waals surface area contributed by atoms with Crippen LogP contribution in [0.25, 0.3) is 10.9 Å². The first-order chi connectivity index (χ1) is 13.0. The van der Waals surface area contributed by atoms with Gasteiger partial charge in [-0.15, -0.1) is 0 Å². The molecule has 5 nitrogen and oxygen atoms in total. The van der Waals surface area contributed by atoms with Gasteiger partial charge < -0.3 is 0 Å². The van der Waals surface area contributed by atoms with Gasteiger partial charge in [0.2, 0.25) is 10.0 Å². The van der Waals surface area contributed by atoms with Crippen molar-refractivity contribution in [2.75, 3.05) is 19.6 Å². The maximum Gasteiger partial charge on any atom is 0.241 e. The van der Waals surface area contributed by atoms with Crippen LogP contribution in [0.15, 0.2) is 52.2 Å². The fraction of sp³-hybridized carbons (Fsp3) is 0.350. The molecule has 0 saturated carbocycles. The lowest BCUT2D eigenvalue weighted by atomic mass is 10.1. The minimum atomic E-state index is -3.65. The van der Waals surface area contributed by atoms with Gasteiger partial charge in [-0.25, -0.2) is 13.1 Å². The van der Waals surface area contributed by atoms with E-state index in [1.165, 1.54) is 0 Å². The molecule has 0 aliphatic rings. The molecule has 0 spiro atoms. The number of nitrogens with one attached hydrogen (secondary N) is 1. The summed E-state index contributed by atoms with van der Waals surface area (Å²) < 4.78 is 29.0. The molecule has 0 amide bonds. The zero-order valence-corrected chi connectivity index (χ0v) is 17.5. The van der Waals surface area contributed by atoms with Crippen LogP contribution in [0.2, 0.25) is 0 Å². The molecule has 3 rings (SSSR count). The molecule has 0 aliphatic carbocycles. The number of benzene rings is 1. The molecule has 1 N–H and O–H groups in total. The molecule has 0 aliphatic heterocycles. The largest absolute Gasteiger partial charge is 0.296 e. The lowest BCUT2D eigenvalue weighted by molar-refractivity contribution is 0.220. The summed E-state index contributed by atoms with van der Waals surface area (Å²) in [6, 6.07) is 9.13. The van der Waals surface area contributed by atoms with E-state index in [0.717, 1.165) is 29.7 Å². The molecule has 0 saturated heterocycles. The van der Waals surface area contributed by atoms with Gasteiger partial charge in [0.25, 0.3) is 0 Å². The first kappa shape index (κ1) is 19.9. The summed E-state index contributed by atoms with van der Waals surface area (Å²) >= 11 is 1.63. The summed E-state index contributed by atoms with van der Waals surface area (Å²) in [4.78, 5) is 6.89. The van der Waals surface area contributed by atoms with E-state index in [1.54, 1.807) is 29.7 Å². The highest BCUT2D eigenvalue weighted by atomic mass is 32.2. The molecule has 0 radical (unpaired) electrons. The van der Waals surface area contributed by atoms with Gasteiger partial charge in [-0.1, -0.05) is 19.9 Å². The van der Waals surface area contributed by atoms with Crippen LogP contribution < -0.4 is 4.72 Å². The van der Waals surface area contributed by atoms with Gasteiger partial charge in [0.05, 0.1) is 10.4 Å². The van der Waals surface area contributed by atoms with Crippen LogP contribution in [-0.4, -0.2) is 37.9 Å². The Morgan fingerprint density at radius 1 is 1.19 bits per heavy atom. The molecule has 0 bridgehead atoms. The second-order valence-corrected chi connectivity index (χ2v) is 8.94. The standard InChI is InChI=1S/C20H25N3O2S2/c1-4-23(5-2)18(16-10-12-26-14-16)13-22-27(24,25)19-9-8-15(3)20-17(19)7-6-11-21-20/h6-12,14,18,22H,4-5,13H2,1-3H3/t18-/m0/s1. The Morgan fingerprint density at radius 2 is 1.96 bits per heavy atom. The summed E-state index contributed by atoms with van der Waals surface area (Å²) in [5, 5.41) is 4.77. The number of hydrogen-bond acceptors (Lipinski definition) is 5. The maximum absolute atomic E-state index is 13.1. The number of aromatic nitrogens is 1. The van der Waals surface area contributed by atoms with Crippen molar-refractivity contribution >= 4 is 32.3 Å². The molecular weight excluding hydrogens is 378 g/mol. The zero-order chi connectivity index (χ0) is 19.4. The van der Waals surface area contributed by atoms with E-state index < -0.39 is 10.0 Å². The molecule has 7 heteroatoms. The lowest BCUT2D eigenvalue weighted by Gasteiger charge is -2.29. The first-order valence-electron chi connectivity index (χ1n) is 9.08. The third-order valence-corrected chi connectivity index (χ3v) is 7.05. The van der Waals surface area contributed by atoms with E-state index in [-0.39, 0.29) is 10.9 Å². The van der Waals surface area contributed by atoms with Crippen LogP contribution in [0.5, 0.6) is 0 Å². The monoisotopic (exact) mass is 403 g/mol. The molecular formula is C20H25N3O2S2. The fourth-order valence-corrected chi connectivity index (χ4v) is 5.32. The maximum atomic E-state index is 13.1. The predicted octanol–water partition coefficient (Wildman–Crippen LogP) is 3.97. The van der Waals surface area contributed by atoms with Crippen molar-refractivity contribution in [3.63, 3.8) is 0 Å². The number of pyridine rings is 1. The Labute approximate surface area is 165 Å². The minimum absolute atomic E-state index is 0.0101. The third kappa shape index (κ3) is 4.21. The SMILES string of the molecule is CCN(CC)[C@@H](CNS(=O)(=O)c1ccc(C)c2ncccc12)c1ccsc1. The highest BCUT2D eigenvalue weighted by Crippen LogP contribution is 2.26. The van der Waals surface area contributed by atoms with Crippen molar-refractivity contribution in [2.24, 2.45) is 0 Å². The van der Waals surface area contributed by atoms with Crippen molar-refractivity contribution in [1.82, 2.24) is 14.6 Å². The number of fused-ring (bicyclic) bond motifs is 1. The molecule has 0 unspecified atom stereocenters. The van der Waals surface area contributed by atoms with Crippen LogP contribution in [0.4, 0.5) is 0 Å². The molecule has 27 heavy (non-hydrogen) atoms. The molecule has 3 aromatic rings. The Kier molecular flexibility index (Phi) is 6.26.